The van der Waals surface area contributed by atoms with E-state index in [1.54, 1.807) is 12.3 Å². The highest BCUT2D eigenvalue weighted by molar-refractivity contribution is 5.99. The van der Waals surface area contributed by atoms with Crippen LogP contribution in [0.3, 0.4) is 0 Å². The molecule has 2 amide bonds. The second-order valence-electron chi connectivity index (χ2n) is 9.54. The largest absolute Gasteiger partial charge is 0.474 e. The zero-order valence-corrected chi connectivity index (χ0v) is 20.2. The van der Waals surface area contributed by atoms with Gasteiger partial charge >= 0.3 is 6.03 Å². The van der Waals surface area contributed by atoms with Gasteiger partial charge in [-0.25, -0.2) is 9.78 Å². The highest BCUT2D eigenvalue weighted by atomic mass is 16.5. The van der Waals surface area contributed by atoms with Gasteiger partial charge in [-0.05, 0) is 82.8 Å². The summed E-state index contributed by atoms with van der Waals surface area (Å²) in [6.07, 6.45) is 8.13. The number of hydrogen-bond acceptors (Lipinski definition) is 6. The summed E-state index contributed by atoms with van der Waals surface area (Å²) in [6, 6.07) is 11.7. The third-order valence-electron chi connectivity index (χ3n) is 6.76. The number of urea groups is 1. The predicted molar refractivity (Wildman–Crippen MR) is 136 cm³/mol. The standard InChI is InChI=1S/C26H37N5O3/c1-19(32)13-15-30(2)23-14-16-31(18-23)22-10-7-20(8-11-22)28-26(33)29-21-9-12-25(27-17-21)34-24-5-3-4-6-24/h7-12,17,19,23-24,32H,3-6,13-16,18H2,1-2H3,(H2,28,29,33). The van der Waals surface area contributed by atoms with Crippen molar-refractivity contribution in [2.24, 2.45) is 0 Å². The van der Waals surface area contributed by atoms with Gasteiger partial charge in [-0.15, -0.1) is 0 Å². The van der Waals surface area contributed by atoms with Crippen LogP contribution in [0.1, 0.15) is 45.4 Å². The maximum absolute atomic E-state index is 12.4. The summed E-state index contributed by atoms with van der Waals surface area (Å²) in [6.45, 7) is 4.71. The molecule has 1 aromatic heterocycles. The Bertz CT molecular complexity index is 913. The van der Waals surface area contributed by atoms with E-state index >= 15 is 0 Å². The van der Waals surface area contributed by atoms with Crippen LogP contribution in [0.4, 0.5) is 21.9 Å². The minimum absolute atomic E-state index is 0.261. The first-order valence-corrected chi connectivity index (χ1v) is 12.4. The summed E-state index contributed by atoms with van der Waals surface area (Å²) in [5.41, 5.74) is 2.51. The first kappa shape index (κ1) is 24.3. The van der Waals surface area contributed by atoms with E-state index in [2.05, 4.69) is 32.5 Å². The van der Waals surface area contributed by atoms with Crippen LogP contribution in [0.15, 0.2) is 42.6 Å². The Morgan fingerprint density at radius 2 is 1.85 bits per heavy atom. The SMILES string of the molecule is CC(O)CCN(C)C1CCN(c2ccc(NC(=O)Nc3ccc(OC4CCCC4)nc3)cc2)C1. The molecule has 1 aliphatic heterocycles. The van der Waals surface area contributed by atoms with Crippen molar-refractivity contribution in [3.63, 3.8) is 0 Å². The lowest BCUT2D eigenvalue weighted by atomic mass is 10.2. The van der Waals surface area contributed by atoms with Gasteiger partial charge in [-0.3, -0.25) is 0 Å². The van der Waals surface area contributed by atoms with E-state index in [0.717, 1.165) is 56.7 Å². The minimum atomic E-state index is -0.306. The Morgan fingerprint density at radius 1 is 1.15 bits per heavy atom. The molecular weight excluding hydrogens is 430 g/mol. The number of rotatable bonds is 9. The highest BCUT2D eigenvalue weighted by Crippen LogP contribution is 2.25. The normalized spacial score (nSPS) is 19.4. The summed E-state index contributed by atoms with van der Waals surface area (Å²) in [5.74, 6) is 0.603. The topological polar surface area (TPSA) is 90.0 Å². The molecule has 2 fully saturated rings. The third kappa shape index (κ3) is 6.84. The van der Waals surface area contributed by atoms with E-state index in [9.17, 15) is 9.90 Å². The van der Waals surface area contributed by atoms with Crippen molar-refractivity contribution >= 4 is 23.1 Å². The van der Waals surface area contributed by atoms with Crippen molar-refractivity contribution in [2.45, 2.75) is 63.7 Å². The summed E-state index contributed by atoms with van der Waals surface area (Å²) in [4.78, 5) is 21.4. The Kier molecular flexibility index (Phi) is 8.24. The third-order valence-corrected chi connectivity index (χ3v) is 6.76. The number of anilines is 3. The average Bonchev–Trinajstić information content (AvgIpc) is 3.52. The van der Waals surface area contributed by atoms with Crippen molar-refractivity contribution < 1.29 is 14.6 Å². The van der Waals surface area contributed by atoms with E-state index in [-0.39, 0.29) is 18.2 Å². The highest BCUT2D eigenvalue weighted by Gasteiger charge is 2.26. The number of aromatic nitrogens is 1. The summed E-state index contributed by atoms with van der Waals surface area (Å²) in [5, 5.41) is 15.2. The number of hydrogen-bond donors (Lipinski definition) is 3. The van der Waals surface area contributed by atoms with Gasteiger partial charge < -0.3 is 30.3 Å². The van der Waals surface area contributed by atoms with Gasteiger partial charge in [-0.2, -0.15) is 0 Å². The summed E-state index contributed by atoms with van der Waals surface area (Å²) >= 11 is 0. The van der Waals surface area contributed by atoms with E-state index < -0.39 is 0 Å². The van der Waals surface area contributed by atoms with Gasteiger partial charge in [0.2, 0.25) is 5.88 Å². The number of amides is 2. The number of benzene rings is 1. The van der Waals surface area contributed by atoms with Crippen LogP contribution in [-0.2, 0) is 0 Å². The number of aliphatic hydroxyl groups excluding tert-OH is 1. The molecule has 2 unspecified atom stereocenters. The van der Waals surface area contributed by atoms with Crippen molar-refractivity contribution in [1.82, 2.24) is 9.88 Å². The number of nitrogens with zero attached hydrogens (tertiary/aromatic N) is 3. The molecular formula is C26H37N5O3. The number of ether oxygens (including phenoxy) is 1. The van der Waals surface area contributed by atoms with Crippen molar-refractivity contribution in [1.29, 1.82) is 0 Å². The molecule has 0 radical (unpaired) electrons. The quantitative estimate of drug-likeness (QED) is 0.509. The number of likely N-dealkylation sites (N-methyl/N-ethyl adjacent to an activating group) is 1. The minimum Gasteiger partial charge on any atom is -0.474 e. The summed E-state index contributed by atoms with van der Waals surface area (Å²) in [7, 11) is 2.13. The van der Waals surface area contributed by atoms with Crippen molar-refractivity contribution in [2.75, 3.05) is 42.2 Å². The molecule has 1 saturated carbocycles. The number of pyridine rings is 1. The van der Waals surface area contributed by atoms with Gasteiger partial charge in [0.25, 0.3) is 0 Å². The van der Waals surface area contributed by atoms with Gasteiger partial charge in [-0.1, -0.05) is 0 Å². The summed E-state index contributed by atoms with van der Waals surface area (Å²) < 4.78 is 5.87. The number of aliphatic hydroxyl groups is 1. The molecule has 8 nitrogen and oxygen atoms in total. The number of nitrogens with one attached hydrogen (secondary N) is 2. The fourth-order valence-corrected chi connectivity index (χ4v) is 4.66. The molecule has 0 bridgehead atoms. The second-order valence-corrected chi connectivity index (χ2v) is 9.54. The maximum atomic E-state index is 12.4. The lowest BCUT2D eigenvalue weighted by Gasteiger charge is -2.25. The lowest BCUT2D eigenvalue weighted by molar-refractivity contribution is 0.153. The predicted octanol–water partition coefficient (Wildman–Crippen LogP) is 4.33. The van der Waals surface area contributed by atoms with Crippen LogP contribution in [0.5, 0.6) is 5.88 Å². The Labute approximate surface area is 202 Å². The van der Waals surface area contributed by atoms with Crippen molar-refractivity contribution in [3.8, 4) is 5.88 Å². The molecule has 2 atom stereocenters. The first-order chi connectivity index (χ1) is 16.5. The van der Waals surface area contributed by atoms with Gasteiger partial charge in [0.05, 0.1) is 18.0 Å². The zero-order chi connectivity index (χ0) is 23.9. The maximum Gasteiger partial charge on any atom is 0.323 e. The molecule has 2 aromatic rings. The van der Waals surface area contributed by atoms with Crippen molar-refractivity contribution in [3.05, 3.63) is 42.6 Å². The van der Waals surface area contributed by atoms with Gasteiger partial charge in [0, 0.05) is 43.1 Å². The molecule has 2 heterocycles. The molecule has 8 heteroatoms. The zero-order valence-electron chi connectivity index (χ0n) is 20.2. The molecule has 0 spiro atoms. The fourth-order valence-electron chi connectivity index (χ4n) is 4.66. The molecule has 184 valence electrons. The van der Waals surface area contributed by atoms with E-state index in [1.807, 2.05) is 37.3 Å². The van der Waals surface area contributed by atoms with E-state index in [1.165, 1.54) is 12.8 Å². The van der Waals surface area contributed by atoms with Gasteiger partial charge in [0.15, 0.2) is 0 Å². The Balaban J connectivity index is 1.23. The van der Waals surface area contributed by atoms with Crippen LogP contribution < -0.4 is 20.3 Å². The smallest absolute Gasteiger partial charge is 0.323 e. The van der Waals surface area contributed by atoms with Crippen LogP contribution in [0.2, 0.25) is 0 Å². The van der Waals surface area contributed by atoms with Crippen LogP contribution in [0, 0.1) is 0 Å². The molecule has 1 saturated heterocycles. The van der Waals surface area contributed by atoms with E-state index in [0.29, 0.717) is 17.6 Å². The van der Waals surface area contributed by atoms with Crippen LogP contribution in [0.25, 0.3) is 0 Å². The number of carbonyl (C=O) groups excluding carboxylic acids is 1. The van der Waals surface area contributed by atoms with E-state index in [4.69, 9.17) is 4.74 Å². The fraction of sp³-hybridized carbons (Fsp3) is 0.538. The molecule has 2 aliphatic rings. The average molecular weight is 468 g/mol. The van der Waals surface area contributed by atoms with Crippen LogP contribution in [-0.4, -0.2) is 66.0 Å². The molecule has 1 aliphatic carbocycles. The van der Waals surface area contributed by atoms with Crippen LogP contribution >= 0.6 is 0 Å². The Hall–Kier alpha value is -2.84. The second kappa shape index (κ2) is 11.5. The first-order valence-electron chi connectivity index (χ1n) is 12.4. The molecule has 1 aromatic carbocycles. The number of carbonyl (C=O) groups is 1. The monoisotopic (exact) mass is 467 g/mol. The molecule has 4 rings (SSSR count). The Morgan fingerprint density at radius 3 is 2.53 bits per heavy atom. The molecule has 34 heavy (non-hydrogen) atoms. The molecule has 3 N–H and O–H groups in total. The lowest BCUT2D eigenvalue weighted by Crippen LogP contribution is -2.36. The van der Waals surface area contributed by atoms with Gasteiger partial charge in [0.1, 0.15) is 6.10 Å².